The molecule has 0 saturated carbocycles. The fourth-order valence-electron chi connectivity index (χ4n) is 2.37. The molecule has 0 aliphatic rings. The number of halogens is 2. The number of carbonyl (C=O) groups excluding carboxylic acids is 2. The molecule has 2 N–H and O–H groups in total. The maximum Gasteiger partial charge on any atom is 0.270 e. The van der Waals surface area contributed by atoms with Gasteiger partial charge in [-0.05, 0) is 24.3 Å². The molecule has 0 saturated heterocycles. The number of ether oxygens (including phenoxy) is 1. The summed E-state index contributed by atoms with van der Waals surface area (Å²) in [6.45, 7) is 0.321. The van der Waals surface area contributed by atoms with E-state index in [1.165, 1.54) is 41.7 Å². The highest BCUT2D eigenvalue weighted by atomic mass is 32.1. The standard InChI is InChI=1S/C20H17F2N3O3S/c21-14-6-2-1-5-13(14)19(26)23-9-10-24-20(27)16-12-29-18(25-16)11-28-17-8-4-3-7-15(17)22/h1-8,12H,9-11H2,(H,23,26)(H,24,27). The Kier molecular flexibility index (Phi) is 6.85. The molecule has 29 heavy (non-hydrogen) atoms. The summed E-state index contributed by atoms with van der Waals surface area (Å²) in [5.74, 6) is -1.95. The summed E-state index contributed by atoms with van der Waals surface area (Å²) in [4.78, 5) is 28.1. The Morgan fingerprint density at radius 1 is 0.931 bits per heavy atom. The van der Waals surface area contributed by atoms with Crippen LogP contribution in [0, 0.1) is 11.6 Å². The van der Waals surface area contributed by atoms with Crippen molar-refractivity contribution in [2.75, 3.05) is 13.1 Å². The monoisotopic (exact) mass is 417 g/mol. The third kappa shape index (κ3) is 5.58. The second-order valence-corrected chi connectivity index (χ2v) is 6.78. The summed E-state index contributed by atoms with van der Waals surface area (Å²) < 4.78 is 32.4. The average Bonchev–Trinajstić information content (AvgIpc) is 3.20. The molecule has 3 aromatic rings. The zero-order valence-electron chi connectivity index (χ0n) is 15.2. The topological polar surface area (TPSA) is 80.3 Å². The largest absolute Gasteiger partial charge is 0.483 e. The molecule has 1 aromatic heterocycles. The lowest BCUT2D eigenvalue weighted by molar-refractivity contribution is 0.0923. The van der Waals surface area contributed by atoms with E-state index in [1.54, 1.807) is 23.6 Å². The lowest BCUT2D eigenvalue weighted by Crippen LogP contribution is -2.35. The number of nitrogens with one attached hydrogen (secondary N) is 2. The number of hydrogen-bond acceptors (Lipinski definition) is 5. The first-order valence-corrected chi connectivity index (χ1v) is 9.55. The summed E-state index contributed by atoms with van der Waals surface area (Å²) in [6.07, 6.45) is 0. The third-order valence-electron chi connectivity index (χ3n) is 3.79. The molecule has 0 atom stereocenters. The molecule has 2 amide bonds. The first-order chi connectivity index (χ1) is 14.0. The van der Waals surface area contributed by atoms with Crippen LogP contribution in [-0.2, 0) is 6.61 Å². The predicted molar refractivity (Wildman–Crippen MR) is 104 cm³/mol. The van der Waals surface area contributed by atoms with Crippen molar-refractivity contribution in [3.63, 3.8) is 0 Å². The summed E-state index contributed by atoms with van der Waals surface area (Å²) >= 11 is 1.22. The zero-order valence-corrected chi connectivity index (χ0v) is 16.0. The molecular weight excluding hydrogens is 400 g/mol. The van der Waals surface area contributed by atoms with E-state index in [4.69, 9.17) is 4.74 Å². The molecule has 0 spiro atoms. The Labute approximate surface area is 169 Å². The maximum absolute atomic E-state index is 13.5. The van der Waals surface area contributed by atoms with Gasteiger partial charge in [0.1, 0.15) is 23.1 Å². The SMILES string of the molecule is O=C(NCCNC(=O)c1ccccc1F)c1csc(COc2ccccc2F)n1. The van der Waals surface area contributed by atoms with Gasteiger partial charge in [0.05, 0.1) is 5.56 Å². The van der Waals surface area contributed by atoms with Crippen molar-refractivity contribution >= 4 is 23.2 Å². The molecule has 0 aliphatic carbocycles. The Hall–Kier alpha value is -3.33. The van der Waals surface area contributed by atoms with Gasteiger partial charge in [-0.1, -0.05) is 24.3 Å². The van der Waals surface area contributed by atoms with Crippen LogP contribution in [0.25, 0.3) is 0 Å². The number of thiazole rings is 1. The van der Waals surface area contributed by atoms with Gasteiger partial charge in [0.15, 0.2) is 11.6 Å². The van der Waals surface area contributed by atoms with Crippen LogP contribution in [0.15, 0.2) is 53.9 Å². The molecule has 9 heteroatoms. The minimum Gasteiger partial charge on any atom is -0.483 e. The molecule has 2 aromatic carbocycles. The van der Waals surface area contributed by atoms with E-state index in [0.29, 0.717) is 5.01 Å². The summed E-state index contributed by atoms with van der Waals surface area (Å²) in [5, 5.41) is 7.22. The van der Waals surface area contributed by atoms with Crippen molar-refractivity contribution in [1.82, 2.24) is 15.6 Å². The smallest absolute Gasteiger partial charge is 0.270 e. The van der Waals surface area contributed by atoms with Crippen molar-refractivity contribution in [3.8, 4) is 5.75 Å². The van der Waals surface area contributed by atoms with E-state index in [2.05, 4.69) is 15.6 Å². The fourth-order valence-corrected chi connectivity index (χ4v) is 3.05. The van der Waals surface area contributed by atoms with Crippen LogP contribution in [0.3, 0.4) is 0 Å². The Balaban J connectivity index is 1.43. The van der Waals surface area contributed by atoms with Crippen molar-refractivity contribution < 1.29 is 23.1 Å². The van der Waals surface area contributed by atoms with E-state index in [0.717, 1.165) is 0 Å². The molecule has 0 fully saturated rings. The minimum atomic E-state index is -0.610. The van der Waals surface area contributed by atoms with E-state index >= 15 is 0 Å². The van der Waals surface area contributed by atoms with E-state index in [1.807, 2.05) is 0 Å². The lowest BCUT2D eigenvalue weighted by atomic mass is 10.2. The van der Waals surface area contributed by atoms with Crippen molar-refractivity contribution in [2.24, 2.45) is 0 Å². The molecule has 0 aliphatic heterocycles. The van der Waals surface area contributed by atoms with Gasteiger partial charge in [-0.25, -0.2) is 13.8 Å². The van der Waals surface area contributed by atoms with Crippen molar-refractivity contribution in [1.29, 1.82) is 0 Å². The van der Waals surface area contributed by atoms with Crippen LogP contribution < -0.4 is 15.4 Å². The highest BCUT2D eigenvalue weighted by Crippen LogP contribution is 2.18. The molecule has 0 bridgehead atoms. The molecule has 150 valence electrons. The van der Waals surface area contributed by atoms with Crippen LogP contribution in [0.4, 0.5) is 8.78 Å². The molecule has 1 heterocycles. The number of amides is 2. The maximum atomic E-state index is 13.5. The van der Waals surface area contributed by atoms with E-state index in [9.17, 15) is 18.4 Å². The second-order valence-electron chi connectivity index (χ2n) is 5.84. The second kappa shape index (κ2) is 9.74. The number of hydrogen-bond donors (Lipinski definition) is 2. The molecule has 6 nitrogen and oxygen atoms in total. The average molecular weight is 417 g/mol. The molecule has 0 radical (unpaired) electrons. The van der Waals surface area contributed by atoms with Crippen LogP contribution in [0.2, 0.25) is 0 Å². The molecular formula is C20H17F2N3O3S. The van der Waals surface area contributed by atoms with Gasteiger partial charge in [-0.2, -0.15) is 0 Å². The van der Waals surface area contributed by atoms with Crippen LogP contribution in [0.5, 0.6) is 5.75 Å². The number of carbonyl (C=O) groups is 2. The fraction of sp³-hybridized carbons (Fsp3) is 0.150. The lowest BCUT2D eigenvalue weighted by Gasteiger charge is -2.07. The van der Waals surface area contributed by atoms with Gasteiger partial charge >= 0.3 is 0 Å². The quantitative estimate of drug-likeness (QED) is 0.552. The Morgan fingerprint density at radius 2 is 1.59 bits per heavy atom. The molecule has 0 unspecified atom stereocenters. The summed E-state index contributed by atoms with van der Waals surface area (Å²) in [7, 11) is 0. The highest BCUT2D eigenvalue weighted by Gasteiger charge is 2.13. The van der Waals surface area contributed by atoms with Crippen molar-refractivity contribution in [3.05, 3.63) is 81.8 Å². The van der Waals surface area contributed by atoms with Crippen LogP contribution >= 0.6 is 11.3 Å². The Bertz CT molecular complexity index is 1010. The first-order valence-electron chi connectivity index (χ1n) is 8.67. The zero-order chi connectivity index (χ0) is 20.6. The summed E-state index contributed by atoms with van der Waals surface area (Å²) in [5.41, 5.74) is 0.139. The van der Waals surface area contributed by atoms with E-state index in [-0.39, 0.29) is 36.7 Å². The predicted octanol–water partition coefficient (Wildman–Crippen LogP) is 3.16. The number of aromatic nitrogens is 1. The van der Waals surface area contributed by atoms with Gasteiger partial charge < -0.3 is 15.4 Å². The number of benzene rings is 2. The number of nitrogens with zero attached hydrogens (tertiary/aromatic N) is 1. The minimum absolute atomic E-state index is 0.0393. The molecule has 3 rings (SSSR count). The highest BCUT2D eigenvalue weighted by molar-refractivity contribution is 7.09. The number of para-hydroxylation sites is 1. The normalized spacial score (nSPS) is 10.4. The first kappa shape index (κ1) is 20.4. The van der Waals surface area contributed by atoms with Gasteiger partial charge in [0.25, 0.3) is 11.8 Å². The van der Waals surface area contributed by atoms with Gasteiger partial charge in [-0.3, -0.25) is 9.59 Å². The van der Waals surface area contributed by atoms with Gasteiger partial charge in [0, 0.05) is 18.5 Å². The van der Waals surface area contributed by atoms with Gasteiger partial charge in [0.2, 0.25) is 0 Å². The van der Waals surface area contributed by atoms with Gasteiger partial charge in [-0.15, -0.1) is 11.3 Å². The van der Waals surface area contributed by atoms with Crippen LogP contribution in [0.1, 0.15) is 25.9 Å². The number of rotatable bonds is 8. The summed E-state index contributed by atoms with van der Waals surface area (Å²) in [6, 6.07) is 11.7. The Morgan fingerprint density at radius 3 is 2.31 bits per heavy atom. The van der Waals surface area contributed by atoms with Crippen LogP contribution in [-0.4, -0.2) is 29.9 Å². The third-order valence-corrected chi connectivity index (χ3v) is 4.61. The van der Waals surface area contributed by atoms with E-state index < -0.39 is 23.4 Å². The van der Waals surface area contributed by atoms with Crippen molar-refractivity contribution in [2.45, 2.75) is 6.61 Å².